The Morgan fingerprint density at radius 2 is 2.11 bits per heavy atom. The van der Waals surface area contributed by atoms with Crippen molar-refractivity contribution in [3.8, 4) is 0 Å². The van der Waals surface area contributed by atoms with E-state index >= 15 is 0 Å². The van der Waals surface area contributed by atoms with Crippen LogP contribution in [0.2, 0.25) is 0 Å². The molecule has 0 unspecified atom stereocenters. The van der Waals surface area contributed by atoms with Gasteiger partial charge in [-0.1, -0.05) is 0 Å². The number of aryl methyl sites for hydroxylation is 1. The van der Waals surface area contributed by atoms with Crippen molar-refractivity contribution in [1.29, 1.82) is 0 Å². The lowest BCUT2D eigenvalue weighted by Crippen LogP contribution is -2.28. The molecule has 2 heterocycles. The van der Waals surface area contributed by atoms with E-state index in [2.05, 4.69) is 4.98 Å². The van der Waals surface area contributed by atoms with E-state index in [4.69, 9.17) is 5.73 Å². The summed E-state index contributed by atoms with van der Waals surface area (Å²) in [4.78, 5) is 6.51. The first kappa shape index (κ1) is 13.3. The van der Waals surface area contributed by atoms with Crippen LogP contribution >= 0.6 is 0 Å². The maximum atomic E-state index is 11.6. The van der Waals surface area contributed by atoms with Crippen LogP contribution in [0.3, 0.4) is 0 Å². The lowest BCUT2D eigenvalue weighted by atomic mass is 10.2. The molecular formula is C12H19N3O2S. The van der Waals surface area contributed by atoms with Crippen molar-refractivity contribution in [2.24, 2.45) is 5.73 Å². The average Bonchev–Trinajstić information content (AvgIpc) is 2.49. The summed E-state index contributed by atoms with van der Waals surface area (Å²) in [5, 5.41) is 0. The van der Waals surface area contributed by atoms with Gasteiger partial charge in [-0.25, -0.2) is 13.4 Å². The minimum atomic E-state index is -2.88. The molecule has 0 amide bonds. The summed E-state index contributed by atoms with van der Waals surface area (Å²) in [5.41, 5.74) is 7.60. The van der Waals surface area contributed by atoms with Gasteiger partial charge in [0.1, 0.15) is 5.82 Å². The summed E-state index contributed by atoms with van der Waals surface area (Å²) in [6.07, 6.45) is 0.663. The Kier molecular flexibility index (Phi) is 3.87. The number of pyridine rings is 1. The molecule has 1 saturated heterocycles. The Bertz CT molecular complexity index is 528. The number of rotatable bonds is 2. The van der Waals surface area contributed by atoms with Crippen LogP contribution in [0.5, 0.6) is 0 Å². The topological polar surface area (TPSA) is 76.3 Å². The van der Waals surface area contributed by atoms with Crippen LogP contribution in [-0.2, 0) is 16.4 Å². The monoisotopic (exact) mass is 269 g/mol. The van der Waals surface area contributed by atoms with Crippen LogP contribution in [0, 0.1) is 6.92 Å². The third-order valence-electron chi connectivity index (χ3n) is 3.11. The predicted octanol–water partition coefficient (Wildman–Crippen LogP) is 0.474. The van der Waals surface area contributed by atoms with Gasteiger partial charge < -0.3 is 10.6 Å². The van der Waals surface area contributed by atoms with Crippen molar-refractivity contribution in [2.45, 2.75) is 19.9 Å². The second-order valence-corrected chi connectivity index (χ2v) is 6.98. The molecule has 1 aliphatic rings. The number of hydrogen-bond acceptors (Lipinski definition) is 5. The first-order chi connectivity index (χ1) is 8.50. The van der Waals surface area contributed by atoms with Crippen molar-refractivity contribution < 1.29 is 8.42 Å². The van der Waals surface area contributed by atoms with Crippen molar-refractivity contribution >= 4 is 15.7 Å². The van der Waals surface area contributed by atoms with Crippen molar-refractivity contribution in [3.63, 3.8) is 0 Å². The van der Waals surface area contributed by atoms with Crippen LogP contribution in [0.1, 0.15) is 17.7 Å². The minimum absolute atomic E-state index is 0.209. The molecule has 0 atom stereocenters. The van der Waals surface area contributed by atoms with Crippen molar-refractivity contribution in [2.75, 3.05) is 29.5 Å². The molecule has 0 aliphatic carbocycles. The van der Waals surface area contributed by atoms with E-state index in [1.165, 1.54) is 0 Å². The molecule has 0 radical (unpaired) electrons. The van der Waals surface area contributed by atoms with Crippen molar-refractivity contribution in [3.05, 3.63) is 23.4 Å². The molecule has 18 heavy (non-hydrogen) atoms. The van der Waals surface area contributed by atoms with Gasteiger partial charge in [0.05, 0.1) is 11.5 Å². The van der Waals surface area contributed by atoms with Crippen LogP contribution in [0.25, 0.3) is 0 Å². The summed E-state index contributed by atoms with van der Waals surface area (Å²) in [6.45, 7) is 3.65. The van der Waals surface area contributed by atoms with E-state index in [1.807, 2.05) is 24.0 Å². The Labute approximate surface area is 108 Å². The summed E-state index contributed by atoms with van der Waals surface area (Å²) >= 11 is 0. The fraction of sp³-hybridized carbons (Fsp3) is 0.583. The van der Waals surface area contributed by atoms with Gasteiger partial charge in [-0.2, -0.15) is 0 Å². The quantitative estimate of drug-likeness (QED) is 0.845. The predicted molar refractivity (Wildman–Crippen MR) is 72.3 cm³/mol. The zero-order valence-corrected chi connectivity index (χ0v) is 11.4. The second kappa shape index (κ2) is 5.24. The summed E-state index contributed by atoms with van der Waals surface area (Å²) in [5.74, 6) is 1.33. The van der Waals surface area contributed by atoms with Crippen molar-refractivity contribution in [1.82, 2.24) is 4.98 Å². The maximum absolute atomic E-state index is 11.6. The molecule has 2 rings (SSSR count). The number of sulfone groups is 1. The number of anilines is 1. The molecule has 1 fully saturated rings. The highest BCUT2D eigenvalue weighted by Crippen LogP contribution is 2.17. The minimum Gasteiger partial charge on any atom is -0.356 e. The van der Waals surface area contributed by atoms with Crippen LogP contribution < -0.4 is 10.6 Å². The Balaban J connectivity index is 2.23. The van der Waals surface area contributed by atoms with Gasteiger partial charge in [-0.05, 0) is 31.0 Å². The SMILES string of the molecule is Cc1cc(CN)cc(N2CCCS(=O)(=O)CC2)n1. The number of nitrogens with zero attached hydrogens (tertiary/aromatic N) is 2. The highest BCUT2D eigenvalue weighted by Gasteiger charge is 2.20. The lowest BCUT2D eigenvalue weighted by Gasteiger charge is -2.21. The fourth-order valence-corrected chi connectivity index (χ4v) is 3.44. The largest absolute Gasteiger partial charge is 0.356 e. The summed E-state index contributed by atoms with van der Waals surface area (Å²) in [7, 11) is -2.88. The van der Waals surface area contributed by atoms with Crippen LogP contribution in [0.15, 0.2) is 12.1 Å². The Hall–Kier alpha value is -1.14. The van der Waals surface area contributed by atoms with Crippen LogP contribution in [-0.4, -0.2) is 38.0 Å². The molecule has 2 N–H and O–H groups in total. The highest BCUT2D eigenvalue weighted by atomic mass is 32.2. The van der Waals surface area contributed by atoms with E-state index in [-0.39, 0.29) is 11.5 Å². The van der Waals surface area contributed by atoms with Gasteiger partial charge in [0.25, 0.3) is 0 Å². The van der Waals surface area contributed by atoms with Gasteiger partial charge in [0.2, 0.25) is 0 Å². The molecule has 1 aromatic rings. The zero-order chi connectivity index (χ0) is 13.2. The second-order valence-electron chi connectivity index (χ2n) is 4.67. The normalized spacial score (nSPS) is 19.6. The molecule has 1 aliphatic heterocycles. The Morgan fingerprint density at radius 1 is 1.33 bits per heavy atom. The lowest BCUT2D eigenvalue weighted by molar-refractivity contribution is 0.597. The standard InChI is InChI=1S/C12H19N3O2S/c1-10-7-11(9-13)8-12(14-10)15-3-2-5-18(16,17)6-4-15/h7-8H,2-6,9,13H2,1H3. The number of hydrogen-bond donors (Lipinski definition) is 1. The fourth-order valence-electron chi connectivity index (χ4n) is 2.17. The van der Waals surface area contributed by atoms with E-state index in [0.29, 0.717) is 19.5 Å². The summed E-state index contributed by atoms with van der Waals surface area (Å²) < 4.78 is 23.1. The van der Waals surface area contributed by atoms with E-state index in [0.717, 1.165) is 23.6 Å². The van der Waals surface area contributed by atoms with Gasteiger partial charge in [-0.3, -0.25) is 0 Å². The molecule has 0 spiro atoms. The first-order valence-electron chi connectivity index (χ1n) is 6.13. The molecule has 0 bridgehead atoms. The van der Waals surface area contributed by atoms with E-state index in [1.54, 1.807) is 0 Å². The van der Waals surface area contributed by atoms with Crippen LogP contribution in [0.4, 0.5) is 5.82 Å². The number of nitrogens with two attached hydrogens (primary N) is 1. The first-order valence-corrected chi connectivity index (χ1v) is 7.95. The van der Waals surface area contributed by atoms with E-state index < -0.39 is 9.84 Å². The summed E-state index contributed by atoms with van der Waals surface area (Å²) in [6, 6.07) is 3.91. The average molecular weight is 269 g/mol. The third kappa shape index (κ3) is 3.20. The Morgan fingerprint density at radius 3 is 2.83 bits per heavy atom. The number of aromatic nitrogens is 1. The van der Waals surface area contributed by atoms with Gasteiger partial charge in [0, 0.05) is 25.3 Å². The third-order valence-corrected chi connectivity index (χ3v) is 4.83. The molecule has 1 aromatic heterocycles. The highest BCUT2D eigenvalue weighted by molar-refractivity contribution is 7.91. The van der Waals surface area contributed by atoms with Gasteiger partial charge >= 0.3 is 0 Å². The van der Waals surface area contributed by atoms with Gasteiger partial charge in [-0.15, -0.1) is 0 Å². The maximum Gasteiger partial charge on any atom is 0.152 e. The molecule has 0 aromatic carbocycles. The molecular weight excluding hydrogens is 250 g/mol. The molecule has 0 saturated carbocycles. The molecule has 100 valence electrons. The zero-order valence-electron chi connectivity index (χ0n) is 10.6. The molecule has 6 heteroatoms. The van der Waals surface area contributed by atoms with E-state index in [9.17, 15) is 8.42 Å². The molecule has 5 nitrogen and oxygen atoms in total. The van der Waals surface area contributed by atoms with Gasteiger partial charge in [0.15, 0.2) is 9.84 Å². The smallest absolute Gasteiger partial charge is 0.152 e.